The van der Waals surface area contributed by atoms with Crippen LogP contribution in [0.1, 0.15) is 38.5 Å². The molecule has 4 heteroatoms. The average molecular weight is 215 g/mol. The molecule has 15 heavy (non-hydrogen) atoms. The van der Waals surface area contributed by atoms with Crippen molar-refractivity contribution >= 4 is 5.91 Å². The molecule has 0 heterocycles. The molecule has 0 saturated heterocycles. The molecule has 2 atom stereocenters. The van der Waals surface area contributed by atoms with E-state index in [4.69, 9.17) is 5.73 Å². The number of rotatable bonds is 1. The Hall–Kier alpha value is -0.670. The molecule has 0 aliphatic heterocycles. The summed E-state index contributed by atoms with van der Waals surface area (Å²) >= 11 is 0. The number of carbonyl (C=O) groups is 1. The Balaban J connectivity index is 2.05. The number of hydrogen-bond acceptors (Lipinski definition) is 1. The van der Waals surface area contributed by atoms with Crippen LogP contribution in [0.25, 0.3) is 0 Å². The Bertz CT molecular complexity index is 325. The number of primary amides is 1. The van der Waals surface area contributed by atoms with Crippen molar-refractivity contribution in [3.05, 3.63) is 0 Å². The molecule has 4 aliphatic carbocycles. The molecule has 2 N–H and O–H groups in total. The summed E-state index contributed by atoms with van der Waals surface area (Å²) < 4.78 is 28.6. The molecule has 4 saturated carbocycles. The molecule has 4 fully saturated rings. The van der Waals surface area contributed by atoms with Crippen LogP contribution in [0.4, 0.5) is 8.78 Å². The Labute approximate surface area is 87.2 Å². The average Bonchev–Trinajstić information content (AvgIpc) is 1.95. The molecule has 0 spiro atoms. The first-order valence-electron chi connectivity index (χ1n) is 5.53. The Morgan fingerprint density at radius 3 is 2.00 bits per heavy atom. The van der Waals surface area contributed by atoms with E-state index in [9.17, 15) is 13.6 Å². The smallest absolute Gasteiger partial charge is 0.223 e. The number of carbonyl (C=O) groups excluding carboxylic acids is 1. The molecule has 0 aromatic carbocycles. The zero-order valence-corrected chi connectivity index (χ0v) is 8.56. The van der Waals surface area contributed by atoms with Crippen molar-refractivity contribution < 1.29 is 13.6 Å². The van der Waals surface area contributed by atoms with Crippen molar-refractivity contribution in [3.8, 4) is 0 Å². The van der Waals surface area contributed by atoms with E-state index >= 15 is 0 Å². The van der Waals surface area contributed by atoms with Gasteiger partial charge in [0.2, 0.25) is 5.91 Å². The minimum Gasteiger partial charge on any atom is -0.369 e. The van der Waals surface area contributed by atoms with Crippen LogP contribution < -0.4 is 5.73 Å². The molecule has 2 unspecified atom stereocenters. The Kier molecular flexibility index (Phi) is 1.50. The Morgan fingerprint density at radius 1 is 1.07 bits per heavy atom. The van der Waals surface area contributed by atoms with Crippen molar-refractivity contribution in [1.82, 2.24) is 0 Å². The second-order valence-electron chi connectivity index (χ2n) is 5.96. The van der Waals surface area contributed by atoms with E-state index in [1.54, 1.807) is 0 Å². The van der Waals surface area contributed by atoms with E-state index in [-0.39, 0.29) is 25.2 Å². The van der Waals surface area contributed by atoms with E-state index in [2.05, 4.69) is 0 Å². The fraction of sp³-hybridized carbons (Fsp3) is 0.909. The molecular weight excluding hydrogens is 200 g/mol. The van der Waals surface area contributed by atoms with Gasteiger partial charge in [-0.05, 0) is 38.0 Å². The van der Waals surface area contributed by atoms with E-state index in [0.29, 0.717) is 19.3 Å². The third-order valence-corrected chi connectivity index (χ3v) is 4.46. The molecule has 0 radical (unpaired) electrons. The van der Waals surface area contributed by atoms with Crippen LogP contribution in [-0.4, -0.2) is 17.2 Å². The first-order chi connectivity index (χ1) is 6.85. The molecule has 84 valence electrons. The summed E-state index contributed by atoms with van der Waals surface area (Å²) in [5.41, 5.74) is 1.51. The lowest BCUT2D eigenvalue weighted by Gasteiger charge is -2.59. The topological polar surface area (TPSA) is 43.1 Å². The van der Waals surface area contributed by atoms with Gasteiger partial charge in [-0.25, -0.2) is 8.78 Å². The van der Waals surface area contributed by atoms with Crippen molar-refractivity contribution in [1.29, 1.82) is 0 Å². The van der Waals surface area contributed by atoms with Crippen LogP contribution in [0.2, 0.25) is 0 Å². The van der Waals surface area contributed by atoms with Gasteiger partial charge in [0.05, 0.1) is 5.41 Å². The van der Waals surface area contributed by atoms with Gasteiger partial charge < -0.3 is 5.73 Å². The largest absolute Gasteiger partial charge is 0.369 e. The molecule has 4 aliphatic rings. The highest BCUT2D eigenvalue weighted by atomic mass is 19.2. The predicted molar refractivity (Wildman–Crippen MR) is 50.5 cm³/mol. The summed E-state index contributed by atoms with van der Waals surface area (Å²) in [6.45, 7) is 0. The number of amides is 1. The lowest BCUT2D eigenvalue weighted by molar-refractivity contribution is -0.183. The van der Waals surface area contributed by atoms with Crippen LogP contribution in [0.15, 0.2) is 0 Å². The maximum absolute atomic E-state index is 14.3. The summed E-state index contributed by atoms with van der Waals surface area (Å²) in [5.74, 6) is -0.487. The number of halogens is 2. The quantitative estimate of drug-likeness (QED) is 0.713. The number of alkyl halides is 2. The van der Waals surface area contributed by atoms with Gasteiger partial charge in [0.1, 0.15) is 11.3 Å². The molecule has 1 amide bonds. The van der Waals surface area contributed by atoms with Gasteiger partial charge in [-0.1, -0.05) is 0 Å². The fourth-order valence-electron chi connectivity index (χ4n) is 4.48. The van der Waals surface area contributed by atoms with Gasteiger partial charge in [-0.3, -0.25) is 4.79 Å². The molecule has 4 rings (SSSR count). The van der Waals surface area contributed by atoms with Crippen LogP contribution >= 0.6 is 0 Å². The number of nitrogens with two attached hydrogens (primary N) is 1. The highest BCUT2D eigenvalue weighted by Gasteiger charge is 2.66. The highest BCUT2D eigenvalue weighted by molar-refractivity contribution is 5.81. The van der Waals surface area contributed by atoms with Crippen LogP contribution in [-0.2, 0) is 4.79 Å². The summed E-state index contributed by atoms with van der Waals surface area (Å²) in [6.07, 6.45) is 1.72. The summed E-state index contributed by atoms with van der Waals surface area (Å²) in [7, 11) is 0. The first-order valence-corrected chi connectivity index (χ1v) is 5.53. The van der Waals surface area contributed by atoms with Gasteiger partial charge >= 0.3 is 0 Å². The van der Waals surface area contributed by atoms with Crippen LogP contribution in [0.3, 0.4) is 0 Å². The van der Waals surface area contributed by atoms with Crippen LogP contribution in [0, 0.1) is 11.3 Å². The lowest BCUT2D eigenvalue weighted by Crippen LogP contribution is -2.63. The van der Waals surface area contributed by atoms with Crippen molar-refractivity contribution in [2.75, 3.05) is 0 Å². The SMILES string of the molecule is NC(=O)C12CC3CC(F)(CC(F)(C3)C1)C2. The summed E-state index contributed by atoms with van der Waals surface area (Å²) in [5, 5.41) is 0. The molecule has 0 aromatic rings. The molecule has 4 bridgehead atoms. The summed E-state index contributed by atoms with van der Waals surface area (Å²) in [4.78, 5) is 11.4. The van der Waals surface area contributed by atoms with Crippen molar-refractivity contribution in [2.45, 2.75) is 49.9 Å². The second kappa shape index (κ2) is 2.36. The van der Waals surface area contributed by atoms with Gasteiger partial charge in [-0.15, -0.1) is 0 Å². The van der Waals surface area contributed by atoms with Gasteiger partial charge in [-0.2, -0.15) is 0 Å². The second-order valence-corrected chi connectivity index (χ2v) is 5.96. The monoisotopic (exact) mass is 215 g/mol. The minimum absolute atomic E-state index is 0.0174. The predicted octanol–water partition coefficient (Wildman–Crippen LogP) is 1.87. The Morgan fingerprint density at radius 2 is 1.60 bits per heavy atom. The first kappa shape index (κ1) is 9.55. The van der Waals surface area contributed by atoms with E-state index in [0.717, 1.165) is 0 Å². The maximum Gasteiger partial charge on any atom is 0.223 e. The van der Waals surface area contributed by atoms with E-state index in [1.807, 2.05) is 0 Å². The van der Waals surface area contributed by atoms with Gasteiger partial charge in [0.25, 0.3) is 0 Å². The van der Waals surface area contributed by atoms with Crippen LogP contribution in [0.5, 0.6) is 0 Å². The lowest BCUT2D eigenvalue weighted by atomic mass is 9.47. The molecule has 0 aromatic heterocycles. The standard InChI is InChI=1S/C11H15F2NO/c12-10-2-7-1-9(4-10,8(14)15)5-11(13,3-7)6-10/h7H,1-6H2,(H2,14,15). The third kappa shape index (κ3) is 1.16. The number of hydrogen-bond donors (Lipinski definition) is 1. The van der Waals surface area contributed by atoms with Crippen molar-refractivity contribution in [3.63, 3.8) is 0 Å². The van der Waals surface area contributed by atoms with E-state index in [1.165, 1.54) is 0 Å². The fourth-order valence-corrected chi connectivity index (χ4v) is 4.48. The molecular formula is C11H15F2NO. The van der Waals surface area contributed by atoms with Gasteiger partial charge in [0.15, 0.2) is 0 Å². The zero-order chi connectivity index (χ0) is 10.9. The minimum atomic E-state index is -1.47. The molecule has 2 nitrogen and oxygen atoms in total. The zero-order valence-electron chi connectivity index (χ0n) is 8.56. The van der Waals surface area contributed by atoms with E-state index < -0.39 is 22.7 Å². The highest BCUT2D eigenvalue weighted by Crippen LogP contribution is 2.65. The third-order valence-electron chi connectivity index (χ3n) is 4.46. The normalized spacial score (nSPS) is 57.1. The van der Waals surface area contributed by atoms with Crippen molar-refractivity contribution in [2.24, 2.45) is 17.1 Å². The van der Waals surface area contributed by atoms with Gasteiger partial charge in [0, 0.05) is 6.42 Å². The summed E-state index contributed by atoms with van der Waals surface area (Å²) in [6, 6.07) is 0. The maximum atomic E-state index is 14.3.